The van der Waals surface area contributed by atoms with E-state index in [9.17, 15) is 4.79 Å². The van der Waals surface area contributed by atoms with Crippen LogP contribution in [-0.2, 0) is 4.74 Å². The minimum atomic E-state index is -0.301. The predicted octanol–water partition coefficient (Wildman–Crippen LogP) is 2.34. The summed E-state index contributed by atoms with van der Waals surface area (Å²) in [6, 6.07) is 6.89. The summed E-state index contributed by atoms with van der Waals surface area (Å²) >= 11 is 0. The summed E-state index contributed by atoms with van der Waals surface area (Å²) in [5.74, 6) is 0.835. The zero-order valence-corrected chi connectivity index (χ0v) is 15.7. The summed E-state index contributed by atoms with van der Waals surface area (Å²) in [6.45, 7) is 1.13. The van der Waals surface area contributed by atoms with Crippen molar-refractivity contribution < 1.29 is 19.0 Å². The maximum absolute atomic E-state index is 12.6. The second kappa shape index (κ2) is 9.47. The molecule has 0 radical (unpaired) electrons. The van der Waals surface area contributed by atoms with E-state index >= 15 is 0 Å². The highest BCUT2D eigenvalue weighted by molar-refractivity contribution is 6.04. The number of benzene rings is 1. The van der Waals surface area contributed by atoms with E-state index in [0.29, 0.717) is 41.7 Å². The molecule has 0 fully saturated rings. The molecule has 0 aliphatic heterocycles. The van der Waals surface area contributed by atoms with Gasteiger partial charge in [0.05, 0.1) is 43.6 Å². The number of nitrogens with zero attached hydrogens (tertiary/aromatic N) is 4. The highest BCUT2D eigenvalue weighted by atomic mass is 16.5. The Morgan fingerprint density at radius 2 is 2.04 bits per heavy atom. The molecule has 0 aliphatic rings. The molecule has 3 aromatic rings. The molecule has 0 saturated carbocycles. The van der Waals surface area contributed by atoms with Gasteiger partial charge in [0, 0.05) is 38.1 Å². The number of anilines is 1. The van der Waals surface area contributed by atoms with Gasteiger partial charge < -0.3 is 19.5 Å². The van der Waals surface area contributed by atoms with Crippen molar-refractivity contribution >= 4 is 11.6 Å². The maximum atomic E-state index is 12.6. The summed E-state index contributed by atoms with van der Waals surface area (Å²) in [4.78, 5) is 16.7. The Bertz CT molecular complexity index is 914. The van der Waals surface area contributed by atoms with Crippen LogP contribution in [0, 0.1) is 0 Å². The first-order chi connectivity index (χ1) is 13.7. The van der Waals surface area contributed by atoms with E-state index < -0.39 is 0 Å². The number of hydrogen-bond acceptors (Lipinski definition) is 7. The highest BCUT2D eigenvalue weighted by Gasteiger charge is 2.11. The molecule has 9 nitrogen and oxygen atoms in total. The number of carbonyl (C=O) groups excluding carboxylic acids is 1. The smallest absolute Gasteiger partial charge is 0.257 e. The molecule has 0 atom stereocenters. The quantitative estimate of drug-likeness (QED) is 0.566. The molecule has 3 rings (SSSR count). The van der Waals surface area contributed by atoms with Gasteiger partial charge in [-0.05, 0) is 18.2 Å². The lowest BCUT2D eigenvalue weighted by Crippen LogP contribution is -2.13. The minimum Gasteiger partial charge on any atom is -0.493 e. The largest absolute Gasteiger partial charge is 0.493 e. The standard InChI is InChI=1S/C19H21N5O4/c1-26-8-3-9-28-17-5-4-15(11-18(17)27-2)22-19(25)14-10-16(13-20-12-14)24-7-6-21-23-24/h4-7,10-13H,3,8-9H2,1-2H3,(H,22,25). The van der Waals surface area contributed by atoms with E-state index in [1.54, 1.807) is 57.1 Å². The Kier molecular flexibility index (Phi) is 6.53. The van der Waals surface area contributed by atoms with E-state index in [4.69, 9.17) is 14.2 Å². The van der Waals surface area contributed by atoms with Crippen LogP contribution in [0.15, 0.2) is 49.1 Å². The molecular weight excluding hydrogens is 362 g/mol. The Morgan fingerprint density at radius 3 is 2.79 bits per heavy atom. The van der Waals surface area contributed by atoms with Gasteiger partial charge in [0.15, 0.2) is 11.5 Å². The number of hydrogen-bond donors (Lipinski definition) is 1. The number of ether oxygens (including phenoxy) is 3. The van der Waals surface area contributed by atoms with Crippen LogP contribution < -0.4 is 14.8 Å². The SMILES string of the molecule is COCCCOc1ccc(NC(=O)c2cncc(-n3ccnn3)c2)cc1OC. The van der Waals surface area contributed by atoms with Gasteiger partial charge in [0.25, 0.3) is 5.91 Å². The van der Waals surface area contributed by atoms with Crippen LogP contribution in [0.5, 0.6) is 11.5 Å². The molecule has 0 bridgehead atoms. The molecule has 9 heteroatoms. The van der Waals surface area contributed by atoms with Crippen LogP contribution in [0.2, 0.25) is 0 Å². The zero-order chi connectivity index (χ0) is 19.8. The number of methoxy groups -OCH3 is 2. The van der Waals surface area contributed by atoms with E-state index in [0.717, 1.165) is 6.42 Å². The fourth-order valence-corrected chi connectivity index (χ4v) is 2.48. The van der Waals surface area contributed by atoms with E-state index in [2.05, 4.69) is 20.6 Å². The van der Waals surface area contributed by atoms with Gasteiger partial charge in [-0.1, -0.05) is 5.21 Å². The second-order valence-corrected chi connectivity index (χ2v) is 5.79. The maximum Gasteiger partial charge on any atom is 0.257 e. The Morgan fingerprint density at radius 1 is 1.14 bits per heavy atom. The van der Waals surface area contributed by atoms with E-state index in [1.807, 2.05) is 0 Å². The number of rotatable bonds is 9. The van der Waals surface area contributed by atoms with Gasteiger partial charge in [-0.2, -0.15) is 0 Å². The average Bonchev–Trinajstić information content (AvgIpc) is 3.27. The van der Waals surface area contributed by atoms with Crippen molar-refractivity contribution in [3.8, 4) is 17.2 Å². The lowest BCUT2D eigenvalue weighted by atomic mass is 10.2. The van der Waals surface area contributed by atoms with Crippen LogP contribution in [0.25, 0.3) is 5.69 Å². The van der Waals surface area contributed by atoms with Crippen molar-refractivity contribution in [2.75, 3.05) is 32.8 Å². The van der Waals surface area contributed by atoms with Gasteiger partial charge in [0.2, 0.25) is 0 Å². The van der Waals surface area contributed by atoms with Crippen LogP contribution >= 0.6 is 0 Å². The summed E-state index contributed by atoms with van der Waals surface area (Å²) in [7, 11) is 3.20. The van der Waals surface area contributed by atoms with Crippen molar-refractivity contribution in [1.82, 2.24) is 20.0 Å². The number of carbonyl (C=O) groups is 1. The predicted molar refractivity (Wildman–Crippen MR) is 102 cm³/mol. The molecule has 2 aromatic heterocycles. The van der Waals surface area contributed by atoms with Crippen LogP contribution in [0.1, 0.15) is 16.8 Å². The Hall–Kier alpha value is -3.46. The monoisotopic (exact) mass is 383 g/mol. The molecule has 0 spiro atoms. The van der Waals surface area contributed by atoms with Crippen molar-refractivity contribution in [2.45, 2.75) is 6.42 Å². The van der Waals surface area contributed by atoms with Crippen LogP contribution in [-0.4, -0.2) is 53.3 Å². The normalized spacial score (nSPS) is 10.5. The third-order valence-electron chi connectivity index (χ3n) is 3.84. The third kappa shape index (κ3) is 4.83. The number of nitrogens with one attached hydrogen (secondary N) is 1. The topological polar surface area (TPSA) is 100 Å². The van der Waals surface area contributed by atoms with Crippen molar-refractivity contribution in [3.05, 3.63) is 54.6 Å². The van der Waals surface area contributed by atoms with E-state index in [-0.39, 0.29) is 5.91 Å². The Balaban J connectivity index is 1.69. The van der Waals surface area contributed by atoms with Crippen molar-refractivity contribution in [1.29, 1.82) is 0 Å². The van der Waals surface area contributed by atoms with Crippen molar-refractivity contribution in [3.63, 3.8) is 0 Å². The molecule has 1 aromatic carbocycles. The molecule has 0 aliphatic carbocycles. The van der Waals surface area contributed by atoms with Crippen molar-refractivity contribution in [2.24, 2.45) is 0 Å². The first-order valence-corrected chi connectivity index (χ1v) is 8.64. The first kappa shape index (κ1) is 19.3. The molecule has 0 unspecified atom stereocenters. The summed E-state index contributed by atoms with van der Waals surface area (Å²) in [5.41, 5.74) is 1.62. The second-order valence-electron chi connectivity index (χ2n) is 5.79. The number of pyridine rings is 1. The van der Waals surface area contributed by atoms with Crippen LogP contribution in [0.4, 0.5) is 5.69 Å². The fourth-order valence-electron chi connectivity index (χ4n) is 2.48. The molecule has 146 valence electrons. The minimum absolute atomic E-state index is 0.301. The lowest BCUT2D eigenvalue weighted by molar-refractivity contribution is 0.102. The van der Waals surface area contributed by atoms with E-state index in [1.165, 1.54) is 10.9 Å². The molecule has 2 heterocycles. The molecular formula is C19H21N5O4. The molecule has 0 saturated heterocycles. The summed E-state index contributed by atoms with van der Waals surface area (Å²) < 4.78 is 17.6. The Labute approximate surface area is 162 Å². The summed E-state index contributed by atoms with van der Waals surface area (Å²) in [5, 5.41) is 10.5. The zero-order valence-electron chi connectivity index (χ0n) is 15.7. The highest BCUT2D eigenvalue weighted by Crippen LogP contribution is 2.30. The number of aromatic nitrogens is 4. The van der Waals surface area contributed by atoms with Gasteiger partial charge >= 0.3 is 0 Å². The third-order valence-corrected chi connectivity index (χ3v) is 3.84. The molecule has 1 N–H and O–H groups in total. The molecule has 28 heavy (non-hydrogen) atoms. The van der Waals surface area contributed by atoms with Gasteiger partial charge in [-0.25, -0.2) is 4.68 Å². The fraction of sp³-hybridized carbons (Fsp3) is 0.263. The molecule has 1 amide bonds. The van der Waals surface area contributed by atoms with Crippen LogP contribution in [0.3, 0.4) is 0 Å². The average molecular weight is 383 g/mol. The number of amides is 1. The van der Waals surface area contributed by atoms with Gasteiger partial charge in [-0.3, -0.25) is 9.78 Å². The van der Waals surface area contributed by atoms with Gasteiger partial charge in [-0.15, -0.1) is 5.10 Å². The first-order valence-electron chi connectivity index (χ1n) is 8.64. The van der Waals surface area contributed by atoms with Gasteiger partial charge in [0.1, 0.15) is 0 Å². The lowest BCUT2D eigenvalue weighted by Gasteiger charge is -2.13. The summed E-state index contributed by atoms with van der Waals surface area (Å²) in [6.07, 6.45) is 7.09.